The van der Waals surface area contributed by atoms with Crippen LogP contribution in [0.1, 0.15) is 25.0 Å². The Kier molecular flexibility index (Phi) is 5.15. The zero-order valence-electron chi connectivity index (χ0n) is 12.5. The number of ether oxygens (including phenoxy) is 2. The van der Waals surface area contributed by atoms with E-state index in [-0.39, 0.29) is 18.2 Å². The van der Waals surface area contributed by atoms with Crippen LogP contribution >= 0.6 is 0 Å². The predicted octanol–water partition coefficient (Wildman–Crippen LogP) is 2.01. The molecule has 1 aliphatic heterocycles. The molecule has 1 heterocycles. The summed E-state index contributed by atoms with van der Waals surface area (Å²) < 4.78 is 10.5. The lowest BCUT2D eigenvalue weighted by Crippen LogP contribution is -2.44. The minimum Gasteiger partial charge on any atom is -0.469 e. The Morgan fingerprint density at radius 3 is 2.45 bits per heavy atom. The van der Waals surface area contributed by atoms with Crippen LogP contribution in [0.25, 0.3) is 0 Å². The van der Waals surface area contributed by atoms with Crippen LogP contribution in [-0.4, -0.2) is 43.3 Å². The maximum absolute atomic E-state index is 11.5. The summed E-state index contributed by atoms with van der Waals surface area (Å²) in [5, 5.41) is 0. The Balaban J connectivity index is 2.06. The number of rotatable bonds is 4. The molecule has 1 aromatic carbocycles. The number of carbonyl (C=O) groups excluding carboxylic acids is 1. The smallest absolute Gasteiger partial charge is 0.309 e. The Morgan fingerprint density at radius 2 is 1.85 bits per heavy atom. The van der Waals surface area contributed by atoms with Crippen molar-refractivity contribution in [3.05, 3.63) is 35.4 Å². The van der Waals surface area contributed by atoms with E-state index in [9.17, 15) is 4.79 Å². The second-order valence-corrected chi connectivity index (χ2v) is 5.47. The van der Waals surface area contributed by atoms with Gasteiger partial charge in [0.05, 0.1) is 25.7 Å². The van der Waals surface area contributed by atoms with Crippen LogP contribution in [0.5, 0.6) is 0 Å². The van der Waals surface area contributed by atoms with Gasteiger partial charge in [0.1, 0.15) is 0 Å². The van der Waals surface area contributed by atoms with Crippen LogP contribution in [0.3, 0.4) is 0 Å². The van der Waals surface area contributed by atoms with E-state index in [2.05, 4.69) is 24.8 Å². The fourth-order valence-corrected chi connectivity index (χ4v) is 2.77. The lowest BCUT2D eigenvalue weighted by molar-refractivity contribution is -0.139. The topological polar surface area (TPSA) is 38.8 Å². The molecule has 2 atom stereocenters. The van der Waals surface area contributed by atoms with Crippen molar-refractivity contribution >= 4 is 5.97 Å². The largest absolute Gasteiger partial charge is 0.469 e. The molecule has 1 aromatic rings. The average molecular weight is 277 g/mol. The summed E-state index contributed by atoms with van der Waals surface area (Å²) >= 11 is 0. The zero-order valence-corrected chi connectivity index (χ0v) is 12.5. The van der Waals surface area contributed by atoms with Gasteiger partial charge in [0.25, 0.3) is 0 Å². The van der Waals surface area contributed by atoms with Crippen molar-refractivity contribution in [1.82, 2.24) is 4.90 Å². The van der Waals surface area contributed by atoms with Crippen molar-refractivity contribution in [2.24, 2.45) is 0 Å². The highest BCUT2D eigenvalue weighted by molar-refractivity contribution is 5.72. The van der Waals surface area contributed by atoms with Gasteiger partial charge in [-0.25, -0.2) is 0 Å². The minimum absolute atomic E-state index is 0.193. The second kappa shape index (κ2) is 6.86. The van der Waals surface area contributed by atoms with Gasteiger partial charge in [0.15, 0.2) is 0 Å². The Labute approximate surface area is 120 Å². The van der Waals surface area contributed by atoms with Gasteiger partial charge in [0.2, 0.25) is 0 Å². The standard InChI is InChI=1S/C16H23NO3/c1-12-9-17(10-13(2)20-12)11-15-7-5-4-6-14(15)8-16(18)19-3/h4-7,12-13H,8-11H2,1-3H3. The molecule has 0 aromatic heterocycles. The van der Waals surface area contributed by atoms with E-state index in [0.29, 0.717) is 6.42 Å². The van der Waals surface area contributed by atoms with Gasteiger partial charge < -0.3 is 9.47 Å². The SMILES string of the molecule is COC(=O)Cc1ccccc1CN1CC(C)OC(C)C1. The maximum atomic E-state index is 11.5. The van der Waals surface area contributed by atoms with E-state index in [1.807, 2.05) is 18.2 Å². The molecular formula is C16H23NO3. The number of methoxy groups -OCH3 is 1. The fourth-order valence-electron chi connectivity index (χ4n) is 2.77. The van der Waals surface area contributed by atoms with Crippen molar-refractivity contribution in [3.63, 3.8) is 0 Å². The summed E-state index contributed by atoms with van der Waals surface area (Å²) in [6.07, 6.45) is 0.848. The van der Waals surface area contributed by atoms with Gasteiger partial charge in [0, 0.05) is 19.6 Å². The van der Waals surface area contributed by atoms with Gasteiger partial charge in [-0.3, -0.25) is 9.69 Å². The number of esters is 1. The van der Waals surface area contributed by atoms with Gasteiger partial charge in [-0.05, 0) is 25.0 Å². The molecule has 4 nitrogen and oxygen atoms in total. The second-order valence-electron chi connectivity index (χ2n) is 5.47. The highest BCUT2D eigenvalue weighted by atomic mass is 16.5. The molecule has 4 heteroatoms. The molecule has 20 heavy (non-hydrogen) atoms. The normalized spacial score (nSPS) is 23.6. The summed E-state index contributed by atoms with van der Waals surface area (Å²) in [7, 11) is 1.43. The number of morpholine rings is 1. The Hall–Kier alpha value is -1.39. The predicted molar refractivity (Wildman–Crippen MR) is 77.4 cm³/mol. The minimum atomic E-state index is -0.193. The van der Waals surface area contributed by atoms with Crippen LogP contribution in [0.4, 0.5) is 0 Å². The highest BCUT2D eigenvalue weighted by Crippen LogP contribution is 2.17. The van der Waals surface area contributed by atoms with Crippen molar-refractivity contribution < 1.29 is 14.3 Å². The van der Waals surface area contributed by atoms with Gasteiger partial charge in [-0.15, -0.1) is 0 Å². The van der Waals surface area contributed by atoms with Crippen LogP contribution in [0.15, 0.2) is 24.3 Å². The van der Waals surface area contributed by atoms with Crippen molar-refractivity contribution in [1.29, 1.82) is 0 Å². The van der Waals surface area contributed by atoms with Gasteiger partial charge >= 0.3 is 5.97 Å². The third kappa shape index (κ3) is 4.05. The molecule has 0 radical (unpaired) electrons. The monoisotopic (exact) mass is 277 g/mol. The van der Waals surface area contributed by atoms with Crippen molar-refractivity contribution in [3.8, 4) is 0 Å². The van der Waals surface area contributed by atoms with Crippen LogP contribution in [-0.2, 0) is 27.2 Å². The summed E-state index contributed by atoms with van der Waals surface area (Å²) in [6, 6.07) is 8.07. The van der Waals surface area contributed by atoms with E-state index < -0.39 is 0 Å². The van der Waals surface area contributed by atoms with E-state index in [1.54, 1.807) is 0 Å². The molecule has 0 aliphatic carbocycles. The van der Waals surface area contributed by atoms with Crippen LogP contribution in [0.2, 0.25) is 0 Å². The maximum Gasteiger partial charge on any atom is 0.309 e. The number of hydrogen-bond acceptors (Lipinski definition) is 4. The molecule has 0 amide bonds. The van der Waals surface area contributed by atoms with E-state index >= 15 is 0 Å². The molecule has 1 aliphatic rings. The van der Waals surface area contributed by atoms with Crippen LogP contribution in [0, 0.1) is 0 Å². The first kappa shape index (κ1) is 15.0. The third-order valence-electron chi connectivity index (χ3n) is 3.57. The molecular weight excluding hydrogens is 254 g/mol. The van der Waals surface area contributed by atoms with Crippen molar-refractivity contribution in [2.75, 3.05) is 20.2 Å². The summed E-state index contributed by atoms with van der Waals surface area (Å²) in [5.74, 6) is -0.193. The lowest BCUT2D eigenvalue weighted by Gasteiger charge is -2.35. The summed E-state index contributed by atoms with van der Waals surface area (Å²) in [6.45, 7) is 6.91. The first-order chi connectivity index (χ1) is 9.58. The van der Waals surface area contributed by atoms with E-state index in [0.717, 1.165) is 25.2 Å². The van der Waals surface area contributed by atoms with Gasteiger partial charge in [-0.1, -0.05) is 24.3 Å². The fraction of sp³-hybridized carbons (Fsp3) is 0.562. The number of nitrogens with zero attached hydrogens (tertiary/aromatic N) is 1. The summed E-state index contributed by atoms with van der Waals surface area (Å²) in [4.78, 5) is 13.9. The number of carbonyl (C=O) groups is 1. The first-order valence-electron chi connectivity index (χ1n) is 7.10. The molecule has 2 unspecified atom stereocenters. The third-order valence-corrected chi connectivity index (χ3v) is 3.57. The van der Waals surface area contributed by atoms with Crippen molar-refractivity contribution in [2.45, 2.75) is 39.0 Å². The molecule has 0 N–H and O–H groups in total. The van der Waals surface area contributed by atoms with E-state index in [1.165, 1.54) is 12.7 Å². The molecule has 1 fully saturated rings. The van der Waals surface area contributed by atoms with E-state index in [4.69, 9.17) is 9.47 Å². The number of hydrogen-bond donors (Lipinski definition) is 0. The molecule has 0 bridgehead atoms. The molecule has 0 saturated carbocycles. The summed E-state index contributed by atoms with van der Waals surface area (Å²) in [5.41, 5.74) is 2.24. The van der Waals surface area contributed by atoms with Gasteiger partial charge in [-0.2, -0.15) is 0 Å². The first-order valence-corrected chi connectivity index (χ1v) is 7.10. The zero-order chi connectivity index (χ0) is 14.5. The molecule has 1 saturated heterocycles. The Bertz CT molecular complexity index is 451. The molecule has 110 valence electrons. The molecule has 2 rings (SSSR count). The molecule has 0 spiro atoms. The highest BCUT2D eigenvalue weighted by Gasteiger charge is 2.22. The quantitative estimate of drug-likeness (QED) is 0.789. The Morgan fingerprint density at radius 1 is 1.25 bits per heavy atom. The van der Waals surface area contributed by atoms with Crippen LogP contribution < -0.4 is 0 Å². The lowest BCUT2D eigenvalue weighted by atomic mass is 10.0. The number of benzene rings is 1. The average Bonchev–Trinajstić information content (AvgIpc) is 2.39.